The maximum absolute atomic E-state index is 5.67. The number of rotatable bonds is 6. The third-order valence-corrected chi connectivity index (χ3v) is 2.84. The molecule has 0 saturated carbocycles. The Kier molecular flexibility index (Phi) is 4.75. The van der Waals surface area contributed by atoms with E-state index < -0.39 is 0 Å². The number of hydrogen-bond donors (Lipinski definition) is 2. The molecule has 0 spiro atoms. The van der Waals surface area contributed by atoms with Gasteiger partial charge in [-0.15, -0.1) is 0 Å². The predicted molar refractivity (Wildman–Crippen MR) is 77.2 cm³/mol. The molecule has 0 fully saturated rings. The van der Waals surface area contributed by atoms with Crippen LogP contribution in [-0.4, -0.2) is 4.98 Å². The van der Waals surface area contributed by atoms with Crippen molar-refractivity contribution in [2.24, 2.45) is 5.84 Å². The number of hydrazine groups is 1. The highest BCUT2D eigenvalue weighted by Crippen LogP contribution is 2.21. The molecule has 0 bridgehead atoms. The average Bonchev–Trinajstić information content (AvgIpc) is 2.47. The number of benzene rings is 1. The minimum atomic E-state index is 0.525. The summed E-state index contributed by atoms with van der Waals surface area (Å²) in [4.78, 5) is 4.20. The van der Waals surface area contributed by atoms with Crippen LogP contribution in [0.1, 0.15) is 25.3 Å². The number of aryl methyl sites for hydroxylation is 1. The molecule has 2 rings (SSSR count). The van der Waals surface area contributed by atoms with E-state index in [2.05, 4.69) is 29.5 Å². The van der Waals surface area contributed by atoms with Crippen LogP contribution < -0.4 is 16.0 Å². The summed E-state index contributed by atoms with van der Waals surface area (Å²) in [5, 5.41) is 0. The molecule has 0 aliphatic rings. The summed E-state index contributed by atoms with van der Waals surface area (Å²) < 4.78 is 5.67. The molecular formula is C15H19N3O. The molecule has 0 saturated heterocycles. The van der Waals surface area contributed by atoms with Crippen molar-refractivity contribution in [3.8, 4) is 11.6 Å². The van der Waals surface area contributed by atoms with E-state index in [4.69, 9.17) is 10.6 Å². The number of nitrogens with one attached hydrogen (secondary N) is 1. The summed E-state index contributed by atoms with van der Waals surface area (Å²) in [7, 11) is 0. The summed E-state index contributed by atoms with van der Waals surface area (Å²) in [5.74, 6) is 7.20. The molecule has 0 aliphatic heterocycles. The number of nitrogen functional groups attached to an aromatic ring is 1. The Morgan fingerprint density at radius 3 is 2.63 bits per heavy atom. The molecule has 4 heteroatoms. The Balaban J connectivity index is 2.02. The molecule has 4 nitrogen and oxygen atoms in total. The van der Waals surface area contributed by atoms with E-state index >= 15 is 0 Å². The summed E-state index contributed by atoms with van der Waals surface area (Å²) in [5.41, 5.74) is 3.83. The Hall–Kier alpha value is -2.07. The van der Waals surface area contributed by atoms with Crippen molar-refractivity contribution < 1.29 is 4.74 Å². The van der Waals surface area contributed by atoms with Crippen LogP contribution in [-0.2, 0) is 6.42 Å². The smallest absolute Gasteiger partial charge is 0.221 e. The Morgan fingerprint density at radius 1 is 1.16 bits per heavy atom. The number of nitrogens with zero attached hydrogens (tertiary/aromatic N) is 1. The quantitative estimate of drug-likeness (QED) is 0.614. The molecule has 1 aromatic heterocycles. The first-order valence-electron chi connectivity index (χ1n) is 6.52. The molecule has 100 valence electrons. The maximum Gasteiger partial charge on any atom is 0.221 e. The molecule has 0 radical (unpaired) electrons. The van der Waals surface area contributed by atoms with Crippen LogP contribution in [0.2, 0.25) is 0 Å². The minimum Gasteiger partial charge on any atom is -0.439 e. The van der Waals surface area contributed by atoms with Crippen LogP contribution in [0.3, 0.4) is 0 Å². The van der Waals surface area contributed by atoms with Crippen LogP contribution >= 0.6 is 0 Å². The minimum absolute atomic E-state index is 0.525. The second-order valence-electron chi connectivity index (χ2n) is 4.35. The molecule has 3 N–H and O–H groups in total. The highest BCUT2D eigenvalue weighted by molar-refractivity contribution is 5.37. The van der Waals surface area contributed by atoms with Gasteiger partial charge in [0.2, 0.25) is 5.88 Å². The SMILES string of the molecule is CCCCc1ccc(Oc2cccc(NN)n2)cc1. The van der Waals surface area contributed by atoms with Crippen molar-refractivity contribution in [1.29, 1.82) is 0 Å². The number of anilines is 1. The number of pyridine rings is 1. The van der Waals surface area contributed by atoms with E-state index in [1.807, 2.05) is 18.2 Å². The zero-order valence-corrected chi connectivity index (χ0v) is 11.1. The van der Waals surface area contributed by atoms with Gasteiger partial charge in [0.05, 0.1) is 0 Å². The average molecular weight is 257 g/mol. The predicted octanol–water partition coefficient (Wildman–Crippen LogP) is 3.50. The van der Waals surface area contributed by atoms with Crippen molar-refractivity contribution in [3.05, 3.63) is 48.0 Å². The summed E-state index contributed by atoms with van der Waals surface area (Å²) in [6, 6.07) is 13.5. The number of aromatic nitrogens is 1. The highest BCUT2D eigenvalue weighted by atomic mass is 16.5. The third-order valence-electron chi connectivity index (χ3n) is 2.84. The standard InChI is InChI=1S/C15H19N3O/c1-2-3-5-12-8-10-13(11-9-12)19-15-7-4-6-14(17-15)18-16/h4,6-11H,2-3,5,16H2,1H3,(H,17,18). The van der Waals surface area contributed by atoms with E-state index in [1.165, 1.54) is 18.4 Å². The van der Waals surface area contributed by atoms with Gasteiger partial charge in [0.15, 0.2) is 0 Å². The van der Waals surface area contributed by atoms with E-state index in [0.29, 0.717) is 11.7 Å². The lowest BCUT2D eigenvalue weighted by molar-refractivity contribution is 0.463. The topological polar surface area (TPSA) is 60.2 Å². The van der Waals surface area contributed by atoms with Crippen LogP contribution in [0.4, 0.5) is 5.82 Å². The fourth-order valence-corrected chi connectivity index (χ4v) is 1.78. The second kappa shape index (κ2) is 6.75. The fraction of sp³-hybridized carbons (Fsp3) is 0.267. The van der Waals surface area contributed by atoms with Gasteiger partial charge in [-0.25, -0.2) is 5.84 Å². The van der Waals surface area contributed by atoms with Crippen LogP contribution in [0.25, 0.3) is 0 Å². The van der Waals surface area contributed by atoms with Gasteiger partial charge < -0.3 is 10.2 Å². The molecule has 0 atom stereocenters. The first kappa shape index (κ1) is 13.4. The first-order valence-corrected chi connectivity index (χ1v) is 6.52. The van der Waals surface area contributed by atoms with E-state index in [-0.39, 0.29) is 0 Å². The zero-order valence-electron chi connectivity index (χ0n) is 11.1. The Labute approximate surface area is 113 Å². The lowest BCUT2D eigenvalue weighted by Gasteiger charge is -2.07. The van der Waals surface area contributed by atoms with Crippen LogP contribution in [0, 0.1) is 0 Å². The van der Waals surface area contributed by atoms with Gasteiger partial charge in [0.1, 0.15) is 11.6 Å². The summed E-state index contributed by atoms with van der Waals surface area (Å²) in [6.07, 6.45) is 3.54. The van der Waals surface area contributed by atoms with Gasteiger partial charge in [0, 0.05) is 6.07 Å². The molecule has 0 unspecified atom stereocenters. The molecular weight excluding hydrogens is 238 g/mol. The van der Waals surface area contributed by atoms with Crippen molar-refractivity contribution in [1.82, 2.24) is 4.98 Å². The monoisotopic (exact) mass is 257 g/mol. The van der Waals surface area contributed by atoms with Crippen LogP contribution in [0.15, 0.2) is 42.5 Å². The van der Waals surface area contributed by atoms with Gasteiger partial charge in [-0.05, 0) is 36.6 Å². The lowest BCUT2D eigenvalue weighted by atomic mass is 10.1. The Morgan fingerprint density at radius 2 is 1.95 bits per heavy atom. The number of ether oxygens (including phenoxy) is 1. The zero-order chi connectivity index (χ0) is 13.5. The summed E-state index contributed by atoms with van der Waals surface area (Å²) >= 11 is 0. The molecule has 1 heterocycles. The maximum atomic E-state index is 5.67. The van der Waals surface area contributed by atoms with Gasteiger partial charge in [-0.1, -0.05) is 31.5 Å². The largest absolute Gasteiger partial charge is 0.439 e. The van der Waals surface area contributed by atoms with E-state index in [1.54, 1.807) is 12.1 Å². The lowest BCUT2D eigenvalue weighted by Crippen LogP contribution is -2.08. The number of nitrogens with two attached hydrogens (primary N) is 1. The second-order valence-corrected chi connectivity index (χ2v) is 4.35. The molecule has 19 heavy (non-hydrogen) atoms. The molecule has 2 aromatic rings. The van der Waals surface area contributed by atoms with Crippen molar-refractivity contribution in [3.63, 3.8) is 0 Å². The third kappa shape index (κ3) is 3.96. The highest BCUT2D eigenvalue weighted by Gasteiger charge is 2.00. The van der Waals surface area contributed by atoms with Crippen molar-refractivity contribution in [2.45, 2.75) is 26.2 Å². The summed E-state index contributed by atoms with van der Waals surface area (Å²) in [6.45, 7) is 2.20. The van der Waals surface area contributed by atoms with Crippen molar-refractivity contribution in [2.75, 3.05) is 5.43 Å². The normalized spacial score (nSPS) is 10.2. The molecule has 0 aliphatic carbocycles. The van der Waals surface area contributed by atoms with Crippen LogP contribution in [0.5, 0.6) is 11.6 Å². The van der Waals surface area contributed by atoms with E-state index in [9.17, 15) is 0 Å². The first-order chi connectivity index (χ1) is 9.31. The molecule has 0 amide bonds. The number of hydrogen-bond acceptors (Lipinski definition) is 4. The van der Waals surface area contributed by atoms with Gasteiger partial charge in [-0.2, -0.15) is 4.98 Å². The van der Waals surface area contributed by atoms with E-state index in [0.717, 1.165) is 12.2 Å². The fourth-order valence-electron chi connectivity index (χ4n) is 1.78. The molecule has 1 aromatic carbocycles. The van der Waals surface area contributed by atoms with Gasteiger partial charge in [0.25, 0.3) is 0 Å². The van der Waals surface area contributed by atoms with Gasteiger partial charge in [-0.3, -0.25) is 0 Å². The Bertz CT molecular complexity index is 511. The van der Waals surface area contributed by atoms with Gasteiger partial charge >= 0.3 is 0 Å². The number of unbranched alkanes of at least 4 members (excludes halogenated alkanes) is 1. The van der Waals surface area contributed by atoms with Crippen molar-refractivity contribution >= 4 is 5.82 Å².